The van der Waals surface area contributed by atoms with Crippen molar-refractivity contribution >= 4 is 0 Å². The molecule has 0 aromatic heterocycles. The smallest absolute Gasteiger partial charge is 0.0622 e. The Morgan fingerprint density at radius 1 is 1.20 bits per heavy atom. The van der Waals surface area contributed by atoms with Crippen molar-refractivity contribution in [2.45, 2.75) is 26.2 Å². The van der Waals surface area contributed by atoms with Crippen molar-refractivity contribution in [1.29, 1.82) is 0 Å². The molecule has 0 unspecified atom stereocenters. The third-order valence-electron chi connectivity index (χ3n) is 1.52. The minimum atomic E-state index is 0.0729. The summed E-state index contributed by atoms with van der Waals surface area (Å²) >= 11 is 0. The summed E-state index contributed by atoms with van der Waals surface area (Å²) in [5, 5.41) is 0. The first-order chi connectivity index (χ1) is 5.41. The van der Waals surface area contributed by atoms with Crippen molar-refractivity contribution in [3.05, 3.63) is 35.8 Å². The Labute approximate surface area is 65.7 Å². The van der Waals surface area contributed by atoms with E-state index in [2.05, 4.69) is 20.8 Å². The van der Waals surface area contributed by atoms with Gasteiger partial charge in [-0.2, -0.15) is 0 Å². The Bertz CT molecular complexity index is 284. The molecule has 0 bridgehead atoms. The first-order valence-electron chi connectivity index (χ1n) is 4.49. The summed E-state index contributed by atoms with van der Waals surface area (Å²) in [5.74, 6) is 0. The molecule has 0 aliphatic rings. The fourth-order valence-electron chi connectivity index (χ4n) is 0.814. The van der Waals surface area contributed by atoms with Crippen LogP contribution >= 0.6 is 0 Å². The van der Waals surface area contributed by atoms with Crippen LogP contribution in [0.1, 0.15) is 29.1 Å². The second-order valence-corrected chi connectivity index (χ2v) is 3.47. The SMILES string of the molecule is [2H]c1ccc(C(C)(C)C)cc1[2H]. The zero-order valence-electron chi connectivity index (χ0n) is 8.73. The van der Waals surface area contributed by atoms with E-state index in [0.717, 1.165) is 5.56 Å². The van der Waals surface area contributed by atoms with E-state index < -0.39 is 0 Å². The summed E-state index contributed by atoms with van der Waals surface area (Å²) in [6.45, 7) is 6.31. The van der Waals surface area contributed by atoms with Gasteiger partial charge in [0.2, 0.25) is 0 Å². The van der Waals surface area contributed by atoms with Gasteiger partial charge >= 0.3 is 0 Å². The van der Waals surface area contributed by atoms with Crippen molar-refractivity contribution in [2.75, 3.05) is 0 Å². The molecule has 0 amide bonds. The van der Waals surface area contributed by atoms with Crippen molar-refractivity contribution < 1.29 is 2.74 Å². The van der Waals surface area contributed by atoms with Crippen LogP contribution in [0.4, 0.5) is 0 Å². The summed E-state index contributed by atoms with van der Waals surface area (Å²) in [6, 6.07) is 5.97. The van der Waals surface area contributed by atoms with Crippen LogP contribution in [0.3, 0.4) is 0 Å². The van der Waals surface area contributed by atoms with E-state index in [0.29, 0.717) is 12.1 Å². The van der Waals surface area contributed by atoms with Crippen LogP contribution in [0.2, 0.25) is 0 Å². The highest BCUT2D eigenvalue weighted by molar-refractivity contribution is 5.21. The molecule has 10 heavy (non-hydrogen) atoms. The third kappa shape index (κ3) is 1.60. The lowest BCUT2D eigenvalue weighted by Crippen LogP contribution is -2.10. The van der Waals surface area contributed by atoms with Crippen LogP contribution in [-0.4, -0.2) is 0 Å². The Kier molecular flexibility index (Phi) is 1.21. The van der Waals surface area contributed by atoms with Crippen LogP contribution in [0, 0.1) is 0 Å². The summed E-state index contributed by atoms with van der Waals surface area (Å²) < 4.78 is 14.8. The van der Waals surface area contributed by atoms with E-state index in [1.165, 1.54) is 0 Å². The van der Waals surface area contributed by atoms with Gasteiger partial charge in [0, 0.05) is 0 Å². The molecule has 0 N–H and O–H groups in total. The minimum absolute atomic E-state index is 0.0729. The van der Waals surface area contributed by atoms with Crippen LogP contribution in [0.15, 0.2) is 30.3 Å². The maximum absolute atomic E-state index is 7.45. The molecular weight excluding hydrogens is 120 g/mol. The highest BCUT2D eigenvalue weighted by atomic mass is 14.2. The van der Waals surface area contributed by atoms with Gasteiger partial charge in [-0.1, -0.05) is 51.1 Å². The lowest BCUT2D eigenvalue weighted by atomic mass is 9.87. The maximum atomic E-state index is 7.45. The largest absolute Gasteiger partial charge is 0.0623 e. The van der Waals surface area contributed by atoms with Gasteiger partial charge in [0.05, 0.1) is 2.74 Å². The summed E-state index contributed by atoms with van der Waals surface area (Å²) in [4.78, 5) is 0. The van der Waals surface area contributed by atoms with E-state index in [4.69, 9.17) is 2.74 Å². The monoisotopic (exact) mass is 136 g/mol. The minimum Gasteiger partial charge on any atom is -0.0622 e. The molecule has 54 valence electrons. The molecule has 0 saturated heterocycles. The molecule has 1 aromatic rings. The standard InChI is InChI=1S/C10H14/c1-10(2,3)9-7-5-4-6-8-9/h4-8H,1-3H3/i4D,5D. The predicted octanol–water partition coefficient (Wildman–Crippen LogP) is 2.98. The number of hydrogen-bond donors (Lipinski definition) is 0. The highest BCUT2D eigenvalue weighted by Crippen LogP contribution is 2.20. The molecule has 1 rings (SSSR count). The first kappa shape index (κ1) is 4.95. The molecule has 0 heterocycles. The van der Waals surface area contributed by atoms with Crippen molar-refractivity contribution in [1.82, 2.24) is 0 Å². The van der Waals surface area contributed by atoms with E-state index in [1.807, 2.05) is 6.07 Å². The quantitative estimate of drug-likeness (QED) is 0.514. The average Bonchev–Trinajstić information content (AvgIpc) is 1.92. The van der Waals surface area contributed by atoms with Crippen molar-refractivity contribution in [3.63, 3.8) is 0 Å². The molecule has 0 saturated carbocycles. The van der Waals surface area contributed by atoms with Crippen LogP contribution in [0.5, 0.6) is 0 Å². The number of benzene rings is 1. The topological polar surface area (TPSA) is 0 Å². The van der Waals surface area contributed by atoms with Gasteiger partial charge < -0.3 is 0 Å². The van der Waals surface area contributed by atoms with Gasteiger partial charge in [0.15, 0.2) is 0 Å². The maximum Gasteiger partial charge on any atom is 0.0623 e. The zero-order chi connectivity index (χ0) is 9.35. The third-order valence-corrected chi connectivity index (χ3v) is 1.52. The number of rotatable bonds is 0. The molecule has 0 nitrogen and oxygen atoms in total. The number of hydrogen-bond acceptors (Lipinski definition) is 0. The Hall–Kier alpha value is -0.780. The van der Waals surface area contributed by atoms with Gasteiger partial charge in [-0.25, -0.2) is 0 Å². The summed E-state index contributed by atoms with van der Waals surface area (Å²) in [5.41, 5.74) is 1.19. The molecule has 0 aliphatic carbocycles. The predicted molar refractivity (Wildman–Crippen MR) is 45.1 cm³/mol. The Morgan fingerprint density at radius 3 is 2.40 bits per heavy atom. The zero-order valence-corrected chi connectivity index (χ0v) is 6.73. The molecule has 1 aromatic carbocycles. The molecule has 0 fully saturated rings. The highest BCUT2D eigenvalue weighted by Gasteiger charge is 2.11. The molecular formula is C10H14. The van der Waals surface area contributed by atoms with Crippen LogP contribution in [-0.2, 0) is 5.41 Å². The normalized spacial score (nSPS) is 14.3. The second kappa shape index (κ2) is 2.45. The van der Waals surface area contributed by atoms with Crippen LogP contribution < -0.4 is 0 Å². The average molecular weight is 136 g/mol. The lowest BCUT2D eigenvalue weighted by Gasteiger charge is -2.18. The second-order valence-electron chi connectivity index (χ2n) is 3.47. The Balaban J connectivity index is 3.14. The molecule has 0 aliphatic heterocycles. The van der Waals surface area contributed by atoms with Gasteiger partial charge in [-0.3, -0.25) is 0 Å². The van der Waals surface area contributed by atoms with Gasteiger partial charge in [-0.05, 0) is 11.0 Å². The van der Waals surface area contributed by atoms with E-state index >= 15 is 0 Å². The summed E-state index contributed by atoms with van der Waals surface area (Å²) in [7, 11) is 0. The fraction of sp³-hybridized carbons (Fsp3) is 0.400. The first-order valence-corrected chi connectivity index (χ1v) is 3.49. The molecule has 0 radical (unpaired) electrons. The van der Waals surface area contributed by atoms with E-state index in [-0.39, 0.29) is 5.41 Å². The summed E-state index contributed by atoms with van der Waals surface area (Å²) in [6.07, 6.45) is 0. The van der Waals surface area contributed by atoms with Crippen molar-refractivity contribution in [3.8, 4) is 0 Å². The fourth-order valence-corrected chi connectivity index (χ4v) is 0.814. The molecule has 0 atom stereocenters. The van der Waals surface area contributed by atoms with Gasteiger partial charge in [-0.15, -0.1) is 0 Å². The lowest BCUT2D eigenvalue weighted by molar-refractivity contribution is 0.590. The van der Waals surface area contributed by atoms with Crippen molar-refractivity contribution in [2.24, 2.45) is 0 Å². The van der Waals surface area contributed by atoms with Crippen LogP contribution in [0.25, 0.3) is 0 Å². The van der Waals surface area contributed by atoms with E-state index in [1.54, 1.807) is 12.1 Å². The van der Waals surface area contributed by atoms with Gasteiger partial charge in [0.25, 0.3) is 0 Å². The molecule has 0 heteroatoms. The Morgan fingerprint density at radius 2 is 1.90 bits per heavy atom. The van der Waals surface area contributed by atoms with Gasteiger partial charge in [0.1, 0.15) is 0 Å². The van der Waals surface area contributed by atoms with E-state index in [9.17, 15) is 0 Å². The molecule has 0 spiro atoms.